The second kappa shape index (κ2) is 14.2. The molecular formula is C33H37F3N8O4. The Morgan fingerprint density at radius 2 is 1.77 bits per heavy atom. The van der Waals surface area contributed by atoms with Crippen LogP contribution in [-0.4, -0.2) is 86.6 Å². The van der Waals surface area contributed by atoms with Crippen LogP contribution in [0.1, 0.15) is 49.3 Å². The molecule has 4 aromatic rings. The minimum atomic E-state index is -5.29. The van der Waals surface area contributed by atoms with Crippen molar-refractivity contribution >= 4 is 34.8 Å². The number of fused-ring (bicyclic) bond motifs is 1. The van der Waals surface area contributed by atoms with E-state index < -0.39 is 42.3 Å². The van der Waals surface area contributed by atoms with Gasteiger partial charge in [-0.1, -0.05) is 67.6 Å². The minimum Gasteiger partial charge on any atom is -0.451 e. The molecule has 1 saturated carbocycles. The lowest BCUT2D eigenvalue weighted by atomic mass is 9.91. The number of hydrogen-bond acceptors (Lipinski definition) is 10. The molecule has 0 radical (unpaired) electrons. The molecule has 1 aliphatic heterocycles. The standard InChI is InChI=1S/C33H37F3N8O4/c1-2-25(45)41-23-15-24(28(27(23)46)48-31(47)33(34,35)36)44-18-39-26-29(42-32(43-30(26)44)40-21-13-14-37-16-21)38-17-22(19-9-5-3-6-10-19)20-11-7-4-8-12-20/h3-12,18,21-24,27-28,37,46H,2,13-17H2,1H3,(H,41,45)(H2,38,40,42,43)/t21-,23+,24-,27-,28+/m1/s1. The third-order valence-electron chi connectivity index (χ3n) is 8.82. The Hall–Kier alpha value is -4.76. The monoisotopic (exact) mass is 666 g/mol. The number of carbonyl (C=O) groups is 2. The second-order valence-electron chi connectivity index (χ2n) is 12.0. The maximum Gasteiger partial charge on any atom is 0.490 e. The van der Waals surface area contributed by atoms with E-state index in [2.05, 4.69) is 26.3 Å². The number of esters is 1. The van der Waals surface area contributed by atoms with E-state index in [-0.39, 0.29) is 36.4 Å². The van der Waals surface area contributed by atoms with Crippen molar-refractivity contribution in [2.75, 3.05) is 30.3 Å². The van der Waals surface area contributed by atoms with Gasteiger partial charge in [0.1, 0.15) is 6.10 Å². The average molecular weight is 667 g/mol. The van der Waals surface area contributed by atoms with Crippen LogP contribution in [0.5, 0.6) is 0 Å². The summed E-state index contributed by atoms with van der Waals surface area (Å²) in [5.74, 6) is -2.25. The number of benzene rings is 2. The SMILES string of the molecule is CCC(=O)N[C@H]1C[C@@H](n2cnc3c(NCC(c4ccccc4)c4ccccc4)nc(N[C@@H]4CCNC4)nc32)[C@H](OC(=O)C(F)(F)F)[C@@H]1O. The fraction of sp³-hybridized carbons (Fsp3) is 0.424. The van der Waals surface area contributed by atoms with Gasteiger partial charge >= 0.3 is 12.1 Å². The van der Waals surface area contributed by atoms with Crippen LogP contribution in [0.3, 0.4) is 0 Å². The summed E-state index contributed by atoms with van der Waals surface area (Å²) in [4.78, 5) is 38.2. The summed E-state index contributed by atoms with van der Waals surface area (Å²) < 4.78 is 46.3. The second-order valence-corrected chi connectivity index (χ2v) is 12.0. The lowest BCUT2D eigenvalue weighted by molar-refractivity contribution is -0.209. The fourth-order valence-electron chi connectivity index (χ4n) is 6.36. The molecule has 1 saturated heterocycles. The van der Waals surface area contributed by atoms with Crippen LogP contribution in [0.25, 0.3) is 11.2 Å². The van der Waals surface area contributed by atoms with Gasteiger partial charge in [-0.25, -0.2) is 9.78 Å². The number of alkyl halides is 3. The summed E-state index contributed by atoms with van der Waals surface area (Å²) in [7, 11) is 0. The fourth-order valence-corrected chi connectivity index (χ4v) is 6.36. The van der Waals surface area contributed by atoms with E-state index in [0.717, 1.165) is 24.1 Å². The molecule has 5 atom stereocenters. The highest BCUT2D eigenvalue weighted by atomic mass is 19.4. The minimum absolute atomic E-state index is 0.0375. The summed E-state index contributed by atoms with van der Waals surface area (Å²) in [6.07, 6.45) is -6.29. The number of ether oxygens (including phenoxy) is 1. The molecule has 2 aliphatic rings. The number of imidazole rings is 1. The number of aliphatic hydroxyl groups is 1. The molecule has 2 fully saturated rings. The summed E-state index contributed by atoms with van der Waals surface area (Å²) >= 11 is 0. The number of amides is 1. The molecule has 0 unspecified atom stereocenters. The lowest BCUT2D eigenvalue weighted by Gasteiger charge is -2.24. The number of aliphatic hydroxyl groups excluding tert-OH is 1. The van der Waals surface area contributed by atoms with Gasteiger partial charge in [0.25, 0.3) is 0 Å². The van der Waals surface area contributed by atoms with E-state index in [1.807, 2.05) is 60.7 Å². The van der Waals surface area contributed by atoms with Gasteiger partial charge < -0.3 is 35.7 Å². The Labute approximate surface area is 274 Å². The number of halogens is 3. The molecule has 1 aliphatic carbocycles. The molecule has 0 bridgehead atoms. The third-order valence-corrected chi connectivity index (χ3v) is 8.82. The topological polar surface area (TPSA) is 155 Å². The van der Waals surface area contributed by atoms with E-state index in [1.165, 1.54) is 10.9 Å². The molecule has 2 aromatic heterocycles. The number of carbonyl (C=O) groups excluding carboxylic acids is 2. The van der Waals surface area contributed by atoms with Crippen molar-refractivity contribution in [1.82, 2.24) is 30.2 Å². The third kappa shape index (κ3) is 7.21. The molecule has 12 nitrogen and oxygen atoms in total. The highest BCUT2D eigenvalue weighted by Gasteiger charge is 2.51. The summed E-state index contributed by atoms with van der Waals surface area (Å²) in [5.41, 5.74) is 2.75. The molecule has 1 amide bonds. The zero-order chi connectivity index (χ0) is 33.8. The zero-order valence-corrected chi connectivity index (χ0v) is 26.2. The first-order valence-electron chi connectivity index (χ1n) is 15.9. The smallest absolute Gasteiger partial charge is 0.451 e. The van der Waals surface area contributed by atoms with Crippen molar-refractivity contribution in [2.45, 2.75) is 68.6 Å². The zero-order valence-electron chi connectivity index (χ0n) is 26.2. The first-order chi connectivity index (χ1) is 23.1. The Morgan fingerprint density at radius 3 is 2.38 bits per heavy atom. The summed E-state index contributed by atoms with van der Waals surface area (Å²) in [5, 5.41) is 23.8. The summed E-state index contributed by atoms with van der Waals surface area (Å²) in [6, 6.07) is 18.0. The van der Waals surface area contributed by atoms with Crippen LogP contribution in [0.2, 0.25) is 0 Å². The maximum atomic E-state index is 13.3. The predicted octanol–water partition coefficient (Wildman–Crippen LogP) is 3.52. The average Bonchev–Trinajstić information content (AvgIpc) is 3.82. The van der Waals surface area contributed by atoms with Crippen LogP contribution in [0.15, 0.2) is 67.0 Å². The van der Waals surface area contributed by atoms with Crippen molar-refractivity contribution in [3.05, 3.63) is 78.1 Å². The van der Waals surface area contributed by atoms with Gasteiger partial charge in [0.15, 0.2) is 23.1 Å². The van der Waals surface area contributed by atoms with E-state index in [9.17, 15) is 27.9 Å². The number of nitrogens with one attached hydrogen (secondary N) is 4. The van der Waals surface area contributed by atoms with Crippen molar-refractivity contribution < 1.29 is 32.6 Å². The Kier molecular flexibility index (Phi) is 9.78. The normalized spacial score (nSPS) is 22.6. The van der Waals surface area contributed by atoms with Crippen LogP contribution >= 0.6 is 0 Å². The molecular weight excluding hydrogens is 629 g/mol. The molecule has 15 heteroatoms. The van der Waals surface area contributed by atoms with Crippen molar-refractivity contribution in [2.24, 2.45) is 0 Å². The lowest BCUT2D eigenvalue weighted by Crippen LogP contribution is -2.45. The Balaban J connectivity index is 1.38. The summed E-state index contributed by atoms with van der Waals surface area (Å²) in [6.45, 7) is 3.54. The van der Waals surface area contributed by atoms with Gasteiger partial charge in [-0.15, -0.1) is 0 Å². The number of aromatic nitrogens is 4. The van der Waals surface area contributed by atoms with Crippen molar-refractivity contribution in [3.8, 4) is 0 Å². The quantitative estimate of drug-likeness (QED) is 0.150. The first-order valence-corrected chi connectivity index (χ1v) is 15.9. The van der Waals surface area contributed by atoms with E-state index in [1.54, 1.807) is 6.92 Å². The predicted molar refractivity (Wildman–Crippen MR) is 171 cm³/mol. The van der Waals surface area contributed by atoms with E-state index >= 15 is 0 Å². The number of nitrogens with zero attached hydrogens (tertiary/aromatic N) is 4. The molecule has 3 heterocycles. The van der Waals surface area contributed by atoms with Gasteiger partial charge in [0.05, 0.1) is 18.4 Å². The van der Waals surface area contributed by atoms with Gasteiger partial charge in [0, 0.05) is 31.5 Å². The molecule has 254 valence electrons. The van der Waals surface area contributed by atoms with Crippen LogP contribution in [0.4, 0.5) is 24.9 Å². The molecule has 6 rings (SSSR count). The van der Waals surface area contributed by atoms with Crippen LogP contribution < -0.4 is 21.3 Å². The van der Waals surface area contributed by atoms with Crippen molar-refractivity contribution in [3.63, 3.8) is 0 Å². The molecule has 2 aromatic carbocycles. The van der Waals surface area contributed by atoms with E-state index in [4.69, 9.17) is 14.7 Å². The van der Waals surface area contributed by atoms with E-state index in [0.29, 0.717) is 24.4 Å². The van der Waals surface area contributed by atoms with Gasteiger partial charge in [-0.2, -0.15) is 23.1 Å². The Morgan fingerprint density at radius 1 is 1.08 bits per heavy atom. The Bertz CT molecular complexity index is 1680. The van der Waals surface area contributed by atoms with Gasteiger partial charge in [-0.3, -0.25) is 4.79 Å². The van der Waals surface area contributed by atoms with Crippen LogP contribution in [-0.2, 0) is 14.3 Å². The van der Waals surface area contributed by atoms with Crippen LogP contribution in [0, 0.1) is 0 Å². The van der Waals surface area contributed by atoms with Crippen molar-refractivity contribution in [1.29, 1.82) is 0 Å². The number of hydrogen-bond donors (Lipinski definition) is 5. The number of rotatable bonds is 11. The maximum absolute atomic E-state index is 13.3. The highest BCUT2D eigenvalue weighted by Crippen LogP contribution is 2.38. The highest BCUT2D eigenvalue weighted by molar-refractivity contribution is 5.84. The molecule has 5 N–H and O–H groups in total. The van der Waals surface area contributed by atoms with Gasteiger partial charge in [0.2, 0.25) is 11.9 Å². The largest absolute Gasteiger partial charge is 0.490 e. The first kappa shape index (κ1) is 33.2. The molecule has 0 spiro atoms. The number of anilines is 2. The molecule has 48 heavy (non-hydrogen) atoms. The van der Waals surface area contributed by atoms with Gasteiger partial charge in [-0.05, 0) is 30.5 Å².